The monoisotopic (exact) mass is 392 g/mol. The first-order valence-electron chi connectivity index (χ1n) is 8.31. The van der Waals surface area contributed by atoms with Gasteiger partial charge in [0.15, 0.2) is 11.5 Å². The third-order valence-corrected chi connectivity index (χ3v) is 4.38. The topological polar surface area (TPSA) is 69.3 Å². The van der Waals surface area contributed by atoms with Crippen molar-refractivity contribution in [2.24, 2.45) is 0 Å². The van der Waals surface area contributed by atoms with Gasteiger partial charge in [0, 0.05) is 17.2 Å². The van der Waals surface area contributed by atoms with E-state index in [1.54, 1.807) is 35.2 Å². The molecular weight excluding hydrogens is 372 g/mol. The Morgan fingerprint density at radius 2 is 1.81 bits per heavy atom. The van der Waals surface area contributed by atoms with E-state index in [1.165, 1.54) is 21.3 Å². The number of anilines is 2. The van der Waals surface area contributed by atoms with Gasteiger partial charge in [-0.3, -0.25) is 4.90 Å². The van der Waals surface area contributed by atoms with Crippen LogP contribution in [-0.4, -0.2) is 40.0 Å². The number of urea groups is 1. The Labute approximate surface area is 162 Å². The predicted octanol–water partition coefficient (Wildman–Crippen LogP) is 4.19. The van der Waals surface area contributed by atoms with E-state index in [2.05, 4.69) is 5.32 Å². The highest BCUT2D eigenvalue weighted by atomic mass is 35.5. The number of carbonyl (C=O) groups excluding carboxylic acids is 1. The minimum Gasteiger partial charge on any atom is -0.493 e. The van der Waals surface area contributed by atoms with Crippen LogP contribution in [-0.2, 0) is 0 Å². The fourth-order valence-electron chi connectivity index (χ4n) is 2.95. The zero-order valence-electron chi connectivity index (χ0n) is 15.5. The van der Waals surface area contributed by atoms with Crippen LogP contribution in [0.25, 0.3) is 0 Å². The first kappa shape index (κ1) is 19.0. The maximum atomic E-state index is 12.9. The Kier molecular flexibility index (Phi) is 5.51. The van der Waals surface area contributed by atoms with Gasteiger partial charge < -0.3 is 24.3 Å². The Balaban J connectivity index is 1.91. The molecule has 2 amide bonds. The van der Waals surface area contributed by atoms with Crippen LogP contribution < -0.4 is 29.2 Å². The van der Waals surface area contributed by atoms with Crippen molar-refractivity contribution in [1.82, 2.24) is 0 Å². The molecule has 1 N–H and O–H groups in total. The first-order chi connectivity index (χ1) is 13.0. The molecule has 7 nitrogen and oxygen atoms in total. The third kappa shape index (κ3) is 3.83. The summed E-state index contributed by atoms with van der Waals surface area (Å²) in [5.41, 5.74) is 1.13. The fourth-order valence-corrected chi connectivity index (χ4v) is 3.11. The van der Waals surface area contributed by atoms with E-state index in [1.807, 2.05) is 6.92 Å². The van der Waals surface area contributed by atoms with Gasteiger partial charge in [-0.25, -0.2) is 4.79 Å². The molecule has 0 saturated carbocycles. The lowest BCUT2D eigenvalue weighted by Crippen LogP contribution is -2.44. The third-order valence-electron chi connectivity index (χ3n) is 4.14. The quantitative estimate of drug-likeness (QED) is 0.845. The maximum absolute atomic E-state index is 12.9. The van der Waals surface area contributed by atoms with Crippen molar-refractivity contribution in [2.75, 3.05) is 38.1 Å². The van der Waals surface area contributed by atoms with Gasteiger partial charge >= 0.3 is 6.03 Å². The number of nitrogens with zero attached hydrogens (tertiary/aromatic N) is 1. The number of amides is 2. The molecule has 0 aromatic heterocycles. The van der Waals surface area contributed by atoms with E-state index >= 15 is 0 Å². The molecular formula is C19H21ClN2O5. The van der Waals surface area contributed by atoms with E-state index < -0.39 is 0 Å². The number of hydrogen-bond donors (Lipinski definition) is 1. The van der Waals surface area contributed by atoms with Crippen molar-refractivity contribution in [1.29, 1.82) is 0 Å². The zero-order valence-corrected chi connectivity index (χ0v) is 16.3. The molecule has 27 heavy (non-hydrogen) atoms. The number of methoxy groups -OCH3 is 3. The Morgan fingerprint density at radius 1 is 1.15 bits per heavy atom. The second-order valence-electron chi connectivity index (χ2n) is 6.00. The molecule has 1 atom stereocenters. The fraction of sp³-hybridized carbons (Fsp3) is 0.316. The summed E-state index contributed by atoms with van der Waals surface area (Å²) in [5, 5.41) is 3.39. The highest BCUT2D eigenvalue weighted by Gasteiger charge is 2.28. The van der Waals surface area contributed by atoms with Gasteiger partial charge in [0.25, 0.3) is 0 Å². The molecule has 1 unspecified atom stereocenters. The summed E-state index contributed by atoms with van der Waals surface area (Å²) in [6, 6.07) is 8.21. The van der Waals surface area contributed by atoms with Crippen LogP contribution in [0.1, 0.15) is 6.92 Å². The molecule has 0 saturated heterocycles. The average molecular weight is 393 g/mol. The molecule has 2 aromatic rings. The molecule has 144 valence electrons. The number of hydrogen-bond acceptors (Lipinski definition) is 5. The molecule has 0 spiro atoms. The molecule has 0 aliphatic carbocycles. The minimum absolute atomic E-state index is 0.149. The molecule has 1 aliphatic heterocycles. The van der Waals surface area contributed by atoms with Gasteiger partial charge in [0.05, 0.1) is 39.2 Å². The van der Waals surface area contributed by atoms with Crippen molar-refractivity contribution < 1.29 is 23.7 Å². The van der Waals surface area contributed by atoms with Gasteiger partial charge in [-0.05, 0) is 25.1 Å². The first-order valence-corrected chi connectivity index (χ1v) is 8.69. The van der Waals surface area contributed by atoms with Crippen LogP contribution in [0.4, 0.5) is 16.2 Å². The standard InChI is InChI=1S/C19H21ClN2O5/c1-11-10-22(14-7-12(20)5-6-15(14)27-11)19(23)21-13-8-16(24-2)18(26-4)17(9-13)25-3/h5-9,11H,10H2,1-4H3,(H,21,23). The van der Waals surface area contributed by atoms with E-state index in [0.29, 0.717) is 45.9 Å². The smallest absolute Gasteiger partial charge is 0.326 e. The number of rotatable bonds is 4. The average Bonchev–Trinajstić information content (AvgIpc) is 2.66. The number of ether oxygens (including phenoxy) is 4. The van der Waals surface area contributed by atoms with Crippen molar-refractivity contribution in [2.45, 2.75) is 13.0 Å². The number of carbonyl (C=O) groups is 1. The number of halogens is 1. The SMILES string of the molecule is COc1cc(NC(=O)N2CC(C)Oc3ccc(Cl)cc32)cc(OC)c1OC. The van der Waals surface area contributed by atoms with E-state index in [-0.39, 0.29) is 12.1 Å². The second-order valence-corrected chi connectivity index (χ2v) is 6.43. The highest BCUT2D eigenvalue weighted by molar-refractivity contribution is 6.31. The molecule has 1 aliphatic rings. The van der Waals surface area contributed by atoms with Gasteiger partial charge in [0.2, 0.25) is 5.75 Å². The van der Waals surface area contributed by atoms with Gasteiger partial charge in [0.1, 0.15) is 11.9 Å². The summed E-state index contributed by atoms with van der Waals surface area (Å²) in [5.74, 6) is 1.96. The summed E-state index contributed by atoms with van der Waals surface area (Å²) >= 11 is 6.09. The molecule has 0 bridgehead atoms. The Bertz CT molecular complexity index is 833. The minimum atomic E-state index is -0.317. The second kappa shape index (κ2) is 7.84. The van der Waals surface area contributed by atoms with Gasteiger partial charge in [-0.1, -0.05) is 11.6 Å². The highest BCUT2D eigenvalue weighted by Crippen LogP contribution is 2.40. The van der Waals surface area contributed by atoms with Crippen molar-refractivity contribution in [3.63, 3.8) is 0 Å². The van der Waals surface area contributed by atoms with Crippen LogP contribution in [0.15, 0.2) is 30.3 Å². The zero-order chi connectivity index (χ0) is 19.6. The lowest BCUT2D eigenvalue weighted by molar-refractivity contribution is 0.208. The van der Waals surface area contributed by atoms with Crippen LogP contribution in [0.5, 0.6) is 23.0 Å². The number of fused-ring (bicyclic) bond motifs is 1. The number of nitrogens with one attached hydrogen (secondary N) is 1. The van der Waals surface area contributed by atoms with Gasteiger partial charge in [-0.15, -0.1) is 0 Å². The van der Waals surface area contributed by atoms with Crippen LogP contribution in [0, 0.1) is 0 Å². The largest absolute Gasteiger partial charge is 0.493 e. The van der Waals surface area contributed by atoms with Crippen molar-refractivity contribution >= 4 is 29.0 Å². The lowest BCUT2D eigenvalue weighted by atomic mass is 10.2. The summed E-state index contributed by atoms with van der Waals surface area (Å²) in [7, 11) is 4.56. The lowest BCUT2D eigenvalue weighted by Gasteiger charge is -2.33. The molecule has 8 heteroatoms. The number of benzene rings is 2. The normalized spacial score (nSPS) is 15.4. The Morgan fingerprint density at radius 3 is 2.41 bits per heavy atom. The summed E-state index contributed by atoms with van der Waals surface area (Å²) in [4.78, 5) is 14.5. The molecule has 0 fully saturated rings. The van der Waals surface area contributed by atoms with E-state index in [0.717, 1.165) is 0 Å². The van der Waals surface area contributed by atoms with Crippen molar-refractivity contribution in [3.8, 4) is 23.0 Å². The van der Waals surface area contributed by atoms with Gasteiger partial charge in [-0.2, -0.15) is 0 Å². The molecule has 0 radical (unpaired) electrons. The summed E-state index contributed by atoms with van der Waals surface area (Å²) < 4.78 is 21.7. The van der Waals surface area contributed by atoms with Crippen molar-refractivity contribution in [3.05, 3.63) is 35.4 Å². The molecule has 1 heterocycles. The predicted molar refractivity (Wildman–Crippen MR) is 104 cm³/mol. The molecule has 2 aromatic carbocycles. The summed E-state index contributed by atoms with van der Waals surface area (Å²) in [6.45, 7) is 2.29. The van der Waals surface area contributed by atoms with Crippen LogP contribution >= 0.6 is 11.6 Å². The molecule has 3 rings (SSSR count). The van der Waals surface area contributed by atoms with E-state index in [4.69, 9.17) is 30.5 Å². The van der Waals surface area contributed by atoms with E-state index in [9.17, 15) is 4.79 Å². The Hall–Kier alpha value is -2.80. The summed E-state index contributed by atoms with van der Waals surface area (Å²) in [6.07, 6.45) is -0.149. The maximum Gasteiger partial charge on any atom is 0.326 e. The van der Waals surface area contributed by atoms with Crippen LogP contribution in [0.2, 0.25) is 5.02 Å². The van der Waals surface area contributed by atoms with Crippen LogP contribution in [0.3, 0.4) is 0 Å².